The molecule has 2 N–H and O–H groups in total. The molecule has 1 aliphatic rings. The van der Waals surface area contributed by atoms with E-state index in [0.717, 1.165) is 42.2 Å². The molecule has 0 spiro atoms. The van der Waals surface area contributed by atoms with Crippen LogP contribution in [0.4, 0.5) is 17.3 Å². The lowest BCUT2D eigenvalue weighted by atomic mass is 10.2. The molecule has 1 saturated heterocycles. The normalized spacial score (nSPS) is 16.2. The molecule has 5 rings (SSSR count). The quantitative estimate of drug-likeness (QED) is 0.401. The lowest BCUT2D eigenvalue weighted by molar-refractivity contribution is 0.600. The van der Waals surface area contributed by atoms with Crippen LogP contribution in [0.15, 0.2) is 61.2 Å². The number of aromatic amines is 1. The molecule has 0 aliphatic carbocycles. The van der Waals surface area contributed by atoms with Crippen LogP contribution in [-0.2, 0) is 15.8 Å². The molecule has 9 nitrogen and oxygen atoms in total. The summed E-state index contributed by atoms with van der Waals surface area (Å²) >= 11 is 6.10. The van der Waals surface area contributed by atoms with Crippen molar-refractivity contribution < 1.29 is 8.42 Å². The Morgan fingerprint density at radius 2 is 2.03 bits per heavy atom. The van der Waals surface area contributed by atoms with Crippen LogP contribution in [0.3, 0.4) is 0 Å². The summed E-state index contributed by atoms with van der Waals surface area (Å²) in [5.74, 6) is 1.50. The molecule has 4 heterocycles. The number of H-pyrrole nitrogens is 1. The molecule has 0 bridgehead atoms. The number of nitrogens with one attached hydrogen (secondary N) is 2. The van der Waals surface area contributed by atoms with Gasteiger partial charge in [0.05, 0.1) is 23.0 Å². The van der Waals surface area contributed by atoms with Gasteiger partial charge in [-0.15, -0.1) is 0 Å². The summed E-state index contributed by atoms with van der Waals surface area (Å²) in [7, 11) is -1.62. The van der Waals surface area contributed by atoms with Crippen molar-refractivity contribution in [2.45, 2.75) is 18.2 Å². The van der Waals surface area contributed by atoms with Crippen molar-refractivity contribution in [1.82, 2.24) is 19.9 Å². The number of likely N-dealkylation sites (N-methyl/N-ethyl adjacent to an activating group) is 1. The van der Waals surface area contributed by atoms with Crippen molar-refractivity contribution in [2.24, 2.45) is 0 Å². The highest BCUT2D eigenvalue weighted by molar-refractivity contribution is 7.91. The molecule has 1 aromatic carbocycles. The Hall–Kier alpha value is -3.37. The van der Waals surface area contributed by atoms with E-state index in [0.29, 0.717) is 16.3 Å². The number of pyridine rings is 1. The van der Waals surface area contributed by atoms with Gasteiger partial charge in [-0.3, -0.25) is 4.72 Å². The van der Waals surface area contributed by atoms with Crippen molar-refractivity contribution in [3.63, 3.8) is 0 Å². The number of anilines is 3. The molecule has 1 fully saturated rings. The zero-order valence-corrected chi connectivity index (χ0v) is 20.1. The monoisotopic (exact) mass is 497 g/mol. The Morgan fingerprint density at radius 3 is 2.82 bits per heavy atom. The lowest BCUT2D eigenvalue weighted by Gasteiger charge is -2.26. The first kappa shape index (κ1) is 22.4. The van der Waals surface area contributed by atoms with Crippen LogP contribution < -0.4 is 14.5 Å². The van der Waals surface area contributed by atoms with E-state index >= 15 is 0 Å². The summed E-state index contributed by atoms with van der Waals surface area (Å²) < 4.78 is 27.7. The molecule has 11 heteroatoms. The van der Waals surface area contributed by atoms with Crippen LogP contribution >= 0.6 is 11.6 Å². The van der Waals surface area contributed by atoms with Crippen LogP contribution in [0.5, 0.6) is 0 Å². The van der Waals surface area contributed by atoms with Crippen molar-refractivity contribution in [2.75, 3.05) is 34.7 Å². The minimum atomic E-state index is -3.62. The fraction of sp³-hybridized carbons (Fsp3) is 0.261. The van der Waals surface area contributed by atoms with Gasteiger partial charge < -0.3 is 14.8 Å². The summed E-state index contributed by atoms with van der Waals surface area (Å²) in [6, 6.07) is 12.7. The molecule has 4 aromatic rings. The number of hydrogen-bond donors (Lipinski definition) is 2. The van der Waals surface area contributed by atoms with E-state index in [1.807, 2.05) is 25.4 Å². The van der Waals surface area contributed by atoms with Gasteiger partial charge >= 0.3 is 0 Å². The molecule has 1 aliphatic heterocycles. The Kier molecular flexibility index (Phi) is 6.01. The third kappa shape index (κ3) is 4.64. The van der Waals surface area contributed by atoms with Gasteiger partial charge in [0, 0.05) is 37.4 Å². The predicted molar refractivity (Wildman–Crippen MR) is 135 cm³/mol. The minimum absolute atomic E-state index is 0.205. The summed E-state index contributed by atoms with van der Waals surface area (Å²) in [6.45, 7) is 1.69. The van der Waals surface area contributed by atoms with Gasteiger partial charge in [-0.2, -0.15) is 0 Å². The number of nitrogens with zero attached hydrogens (tertiary/aromatic N) is 5. The Morgan fingerprint density at radius 1 is 1.18 bits per heavy atom. The second kappa shape index (κ2) is 9.11. The zero-order chi connectivity index (χ0) is 23.7. The fourth-order valence-electron chi connectivity index (χ4n) is 4.24. The number of rotatable bonds is 7. The van der Waals surface area contributed by atoms with Crippen LogP contribution in [0.25, 0.3) is 11.0 Å². The van der Waals surface area contributed by atoms with Gasteiger partial charge in [0.2, 0.25) is 10.0 Å². The third-order valence-corrected chi connectivity index (χ3v) is 7.64. The molecule has 0 unspecified atom stereocenters. The fourth-order valence-corrected chi connectivity index (χ4v) is 5.73. The average Bonchev–Trinajstić information content (AvgIpc) is 3.50. The van der Waals surface area contributed by atoms with Crippen LogP contribution in [0.1, 0.15) is 12.0 Å². The molecule has 1 atom stereocenters. The summed E-state index contributed by atoms with van der Waals surface area (Å²) in [5, 5.41) is 1.44. The number of aromatic nitrogens is 4. The van der Waals surface area contributed by atoms with Gasteiger partial charge in [0.1, 0.15) is 23.6 Å². The molecule has 0 saturated carbocycles. The van der Waals surface area contributed by atoms with Gasteiger partial charge in [0.25, 0.3) is 0 Å². The van der Waals surface area contributed by atoms with E-state index in [-0.39, 0.29) is 11.8 Å². The highest BCUT2D eigenvalue weighted by Gasteiger charge is 2.28. The van der Waals surface area contributed by atoms with Crippen molar-refractivity contribution in [3.8, 4) is 0 Å². The molecular weight excluding hydrogens is 474 g/mol. The third-order valence-electron chi connectivity index (χ3n) is 6.03. The molecule has 3 aromatic heterocycles. The number of sulfonamides is 1. The van der Waals surface area contributed by atoms with E-state index in [4.69, 9.17) is 11.6 Å². The maximum Gasteiger partial charge on any atom is 0.237 e. The zero-order valence-electron chi connectivity index (χ0n) is 18.5. The van der Waals surface area contributed by atoms with E-state index in [1.165, 1.54) is 6.20 Å². The number of fused-ring (bicyclic) bond motifs is 1. The van der Waals surface area contributed by atoms with Gasteiger partial charge in [-0.25, -0.2) is 23.4 Å². The maximum atomic E-state index is 12.6. The number of halogens is 1. The first-order chi connectivity index (χ1) is 16.4. The van der Waals surface area contributed by atoms with Crippen LogP contribution in [-0.4, -0.2) is 54.5 Å². The minimum Gasteiger partial charge on any atom is -0.355 e. The van der Waals surface area contributed by atoms with Crippen molar-refractivity contribution in [3.05, 3.63) is 71.8 Å². The smallest absolute Gasteiger partial charge is 0.237 e. The first-order valence-corrected chi connectivity index (χ1v) is 12.9. The van der Waals surface area contributed by atoms with Crippen LogP contribution in [0, 0.1) is 0 Å². The number of hydrogen-bond acceptors (Lipinski definition) is 7. The van der Waals surface area contributed by atoms with E-state index < -0.39 is 10.0 Å². The number of benzene rings is 1. The summed E-state index contributed by atoms with van der Waals surface area (Å²) in [6.07, 6.45) is 5.95. The first-order valence-electron chi connectivity index (χ1n) is 10.9. The Labute approximate surface area is 202 Å². The molecule has 0 radical (unpaired) electrons. The predicted octanol–water partition coefficient (Wildman–Crippen LogP) is 3.66. The molecule has 0 amide bonds. The van der Waals surface area contributed by atoms with E-state index in [2.05, 4.69) is 34.5 Å². The maximum absolute atomic E-state index is 12.6. The molecule has 34 heavy (non-hydrogen) atoms. The largest absolute Gasteiger partial charge is 0.355 e. The van der Waals surface area contributed by atoms with Crippen LogP contribution in [0.2, 0.25) is 5.02 Å². The topological polar surface area (TPSA) is 107 Å². The Bertz CT molecular complexity index is 1410. The summed E-state index contributed by atoms with van der Waals surface area (Å²) in [5.41, 5.74) is 1.79. The SMILES string of the molecule is CN(c1ccc(NS(=O)(=O)Cc2ccccc2Cl)cn1)[C@@H]1CCN(c2ncnc3[nH]ccc23)C1. The standard InChI is InChI=1S/C23H24ClN7O2S/c1-30(18-9-11-31(13-18)23-19-8-10-25-22(19)27-15-28-23)21-7-6-17(12-26-21)29-34(32,33)14-16-4-2-3-5-20(16)24/h2-8,10,12,15,18,29H,9,11,13-14H2,1H3,(H,25,27,28)/t18-/m1/s1. The highest BCUT2D eigenvalue weighted by Crippen LogP contribution is 2.28. The average molecular weight is 498 g/mol. The van der Waals surface area contributed by atoms with Gasteiger partial charge in [-0.05, 0) is 36.2 Å². The van der Waals surface area contributed by atoms with E-state index in [9.17, 15) is 8.42 Å². The second-order valence-corrected chi connectivity index (χ2v) is 10.4. The molecular formula is C23H24ClN7O2S. The summed E-state index contributed by atoms with van der Waals surface area (Å²) in [4.78, 5) is 20.8. The second-order valence-electron chi connectivity index (χ2n) is 8.29. The lowest BCUT2D eigenvalue weighted by Crippen LogP contribution is -2.35. The van der Waals surface area contributed by atoms with Crippen molar-refractivity contribution in [1.29, 1.82) is 0 Å². The molecule has 176 valence electrons. The van der Waals surface area contributed by atoms with Crippen molar-refractivity contribution >= 4 is 50.0 Å². The van der Waals surface area contributed by atoms with E-state index in [1.54, 1.807) is 36.7 Å². The Balaban J connectivity index is 1.24. The van der Waals surface area contributed by atoms with Gasteiger partial charge in [-0.1, -0.05) is 29.8 Å². The van der Waals surface area contributed by atoms with Gasteiger partial charge in [0.15, 0.2) is 0 Å². The highest BCUT2D eigenvalue weighted by atomic mass is 35.5.